The number of phenolic OH excluding ortho intramolecular Hbond substituents is 1. The van der Waals surface area contributed by atoms with Crippen LogP contribution in [-0.2, 0) is 10.1 Å². The van der Waals surface area contributed by atoms with Crippen LogP contribution in [-0.4, -0.2) is 23.8 Å². The molecule has 0 saturated heterocycles. The van der Waals surface area contributed by atoms with Gasteiger partial charge in [0.2, 0.25) is 0 Å². The van der Waals surface area contributed by atoms with Gasteiger partial charge in [-0.25, -0.2) is 0 Å². The van der Waals surface area contributed by atoms with Crippen molar-refractivity contribution in [3.63, 3.8) is 0 Å². The van der Waals surface area contributed by atoms with E-state index in [1.165, 1.54) is 18.2 Å². The van der Waals surface area contributed by atoms with Crippen LogP contribution in [0.1, 0.15) is 5.56 Å². The maximum Gasteiger partial charge on any atom is 0.268 e. The Balaban J connectivity index is 2.65. The molecular weight excluding hydrogens is 204 g/mol. The molecule has 0 aliphatic heterocycles. The van der Waals surface area contributed by atoms with Crippen molar-refractivity contribution < 1.29 is 18.1 Å². The average molecular weight is 214 g/mol. The second-order valence-electron chi connectivity index (χ2n) is 2.74. The van der Waals surface area contributed by atoms with Crippen molar-refractivity contribution in [3.8, 4) is 5.75 Å². The maximum absolute atomic E-state index is 10.3. The predicted molar refractivity (Wildman–Crippen MR) is 53.6 cm³/mol. The topological polar surface area (TPSA) is 74.6 Å². The summed E-state index contributed by atoms with van der Waals surface area (Å²) in [6.45, 7) is 0. The van der Waals surface area contributed by atoms with Gasteiger partial charge in [0.1, 0.15) is 5.75 Å². The van der Waals surface area contributed by atoms with Crippen LogP contribution in [0.2, 0.25) is 0 Å². The highest BCUT2D eigenvalue weighted by molar-refractivity contribution is 7.85. The van der Waals surface area contributed by atoms with Crippen molar-refractivity contribution in [2.75, 3.05) is 5.75 Å². The van der Waals surface area contributed by atoms with Crippen LogP contribution in [0, 0.1) is 0 Å². The Hall–Kier alpha value is -1.33. The number of benzene rings is 1. The van der Waals surface area contributed by atoms with Crippen LogP contribution < -0.4 is 0 Å². The molecule has 76 valence electrons. The Labute approximate surface area is 82.3 Å². The highest BCUT2D eigenvalue weighted by Gasteiger charge is 1.98. The molecule has 0 amide bonds. The summed E-state index contributed by atoms with van der Waals surface area (Å²) in [5.41, 5.74) is 0.756. The summed E-state index contributed by atoms with van der Waals surface area (Å²) in [5, 5.41) is 8.95. The summed E-state index contributed by atoms with van der Waals surface area (Å²) in [6, 6.07) is 6.26. The van der Waals surface area contributed by atoms with E-state index in [0.29, 0.717) is 0 Å². The van der Waals surface area contributed by atoms with Gasteiger partial charge < -0.3 is 5.11 Å². The fourth-order valence-electron chi connectivity index (χ4n) is 0.891. The summed E-state index contributed by atoms with van der Waals surface area (Å²) in [6.07, 6.45) is 2.88. The molecule has 1 rings (SSSR count). The highest BCUT2D eigenvalue weighted by Crippen LogP contribution is 2.10. The molecule has 2 N–H and O–H groups in total. The van der Waals surface area contributed by atoms with Gasteiger partial charge in [0.15, 0.2) is 0 Å². The fraction of sp³-hybridized carbons (Fsp3) is 0.111. The molecule has 0 aliphatic rings. The molecule has 0 unspecified atom stereocenters. The summed E-state index contributed by atoms with van der Waals surface area (Å²) < 4.78 is 29.1. The second kappa shape index (κ2) is 4.26. The lowest BCUT2D eigenvalue weighted by molar-refractivity contribution is 0.475. The van der Waals surface area contributed by atoms with Gasteiger partial charge in [-0.2, -0.15) is 8.42 Å². The monoisotopic (exact) mass is 214 g/mol. The van der Waals surface area contributed by atoms with Crippen molar-refractivity contribution in [2.45, 2.75) is 0 Å². The van der Waals surface area contributed by atoms with Crippen LogP contribution >= 0.6 is 0 Å². The van der Waals surface area contributed by atoms with Crippen LogP contribution in [0.5, 0.6) is 5.75 Å². The first-order valence-electron chi connectivity index (χ1n) is 3.88. The number of rotatable bonds is 3. The van der Waals surface area contributed by atoms with Crippen molar-refractivity contribution >= 4 is 16.2 Å². The van der Waals surface area contributed by atoms with Crippen LogP contribution in [0.25, 0.3) is 6.08 Å². The first-order valence-corrected chi connectivity index (χ1v) is 5.49. The first kappa shape index (κ1) is 10.7. The van der Waals surface area contributed by atoms with Gasteiger partial charge in [0, 0.05) is 0 Å². The number of hydrogen-bond donors (Lipinski definition) is 2. The largest absolute Gasteiger partial charge is 0.508 e. The van der Waals surface area contributed by atoms with Crippen LogP contribution in [0.4, 0.5) is 0 Å². The zero-order valence-electron chi connectivity index (χ0n) is 7.29. The third kappa shape index (κ3) is 4.06. The van der Waals surface area contributed by atoms with Gasteiger partial charge >= 0.3 is 0 Å². The normalized spacial score (nSPS) is 12.1. The number of phenols is 1. The van der Waals surface area contributed by atoms with E-state index in [2.05, 4.69) is 0 Å². The minimum Gasteiger partial charge on any atom is -0.508 e. The van der Waals surface area contributed by atoms with Crippen molar-refractivity contribution in [3.05, 3.63) is 35.9 Å². The molecule has 0 aromatic heterocycles. The highest BCUT2D eigenvalue weighted by atomic mass is 32.2. The molecule has 1 aromatic carbocycles. The van der Waals surface area contributed by atoms with Crippen LogP contribution in [0.15, 0.2) is 30.3 Å². The molecule has 0 atom stereocenters. The molecule has 0 heterocycles. The minimum absolute atomic E-state index is 0.150. The van der Waals surface area contributed by atoms with E-state index in [0.717, 1.165) is 5.56 Å². The van der Waals surface area contributed by atoms with Gasteiger partial charge in [0.25, 0.3) is 10.1 Å². The average Bonchev–Trinajstić information content (AvgIpc) is 2.06. The lowest BCUT2D eigenvalue weighted by Crippen LogP contribution is -1.99. The molecule has 4 nitrogen and oxygen atoms in total. The summed E-state index contributed by atoms with van der Waals surface area (Å²) >= 11 is 0. The molecule has 0 saturated carbocycles. The van der Waals surface area contributed by atoms with E-state index >= 15 is 0 Å². The molecule has 0 aliphatic carbocycles. The van der Waals surface area contributed by atoms with Gasteiger partial charge in [-0.15, -0.1) is 0 Å². The second-order valence-corrected chi connectivity index (χ2v) is 4.24. The molecule has 5 heteroatoms. The third-order valence-electron chi connectivity index (χ3n) is 1.51. The van der Waals surface area contributed by atoms with E-state index < -0.39 is 15.9 Å². The quantitative estimate of drug-likeness (QED) is 0.743. The summed E-state index contributed by atoms with van der Waals surface area (Å²) in [4.78, 5) is 0. The van der Waals surface area contributed by atoms with Gasteiger partial charge in [-0.3, -0.25) is 4.55 Å². The van der Waals surface area contributed by atoms with E-state index in [1.54, 1.807) is 18.2 Å². The van der Waals surface area contributed by atoms with E-state index in [1.807, 2.05) is 0 Å². The molecule has 0 spiro atoms. The Bertz CT molecular complexity index is 417. The summed E-state index contributed by atoms with van der Waals surface area (Å²) in [7, 11) is -3.94. The third-order valence-corrected chi connectivity index (χ3v) is 2.12. The first-order chi connectivity index (χ1) is 6.47. The van der Waals surface area contributed by atoms with E-state index in [-0.39, 0.29) is 5.75 Å². The van der Waals surface area contributed by atoms with E-state index in [9.17, 15) is 8.42 Å². The standard InChI is InChI=1S/C9H10O4S/c10-9-5-3-8(4-6-9)2-1-7-14(11,12)13/h1-6,10H,7H2,(H,11,12,13). The maximum atomic E-state index is 10.3. The van der Waals surface area contributed by atoms with Gasteiger partial charge in [-0.05, 0) is 17.7 Å². The molecular formula is C9H10O4S. The van der Waals surface area contributed by atoms with Gasteiger partial charge in [-0.1, -0.05) is 24.3 Å². The molecule has 0 bridgehead atoms. The van der Waals surface area contributed by atoms with Gasteiger partial charge in [0.05, 0.1) is 5.75 Å². The minimum atomic E-state index is -3.94. The van der Waals surface area contributed by atoms with Crippen molar-refractivity contribution in [2.24, 2.45) is 0 Å². The molecule has 1 aromatic rings. The Morgan fingerprint density at radius 2 is 1.79 bits per heavy atom. The zero-order chi connectivity index (χ0) is 10.6. The molecule has 14 heavy (non-hydrogen) atoms. The van der Waals surface area contributed by atoms with Crippen molar-refractivity contribution in [1.82, 2.24) is 0 Å². The smallest absolute Gasteiger partial charge is 0.268 e. The number of aromatic hydroxyl groups is 1. The Kier molecular flexibility index (Phi) is 3.27. The number of hydrogen-bond acceptors (Lipinski definition) is 3. The molecule has 0 fully saturated rings. The lowest BCUT2D eigenvalue weighted by Gasteiger charge is -1.93. The fourth-order valence-corrected chi connectivity index (χ4v) is 1.23. The van der Waals surface area contributed by atoms with Crippen molar-refractivity contribution in [1.29, 1.82) is 0 Å². The SMILES string of the molecule is O=S(=O)(O)CC=Cc1ccc(O)cc1. The Morgan fingerprint density at radius 1 is 1.21 bits per heavy atom. The predicted octanol–water partition coefficient (Wildman–Crippen LogP) is 1.29. The molecule has 0 radical (unpaired) electrons. The van der Waals surface area contributed by atoms with Crippen LogP contribution in [0.3, 0.4) is 0 Å². The van der Waals surface area contributed by atoms with E-state index in [4.69, 9.17) is 9.66 Å². The lowest BCUT2D eigenvalue weighted by atomic mass is 10.2. The summed E-state index contributed by atoms with van der Waals surface area (Å²) in [5.74, 6) is -0.259. The Morgan fingerprint density at radius 3 is 2.29 bits per heavy atom. The zero-order valence-corrected chi connectivity index (χ0v) is 8.11.